The number of fused-ring (bicyclic) bond motifs is 1. The molecule has 1 aliphatic heterocycles. The fourth-order valence-corrected chi connectivity index (χ4v) is 6.71. The maximum Gasteiger partial charge on any atom is 0.271 e. The van der Waals surface area contributed by atoms with Gasteiger partial charge >= 0.3 is 0 Å². The zero-order valence-corrected chi connectivity index (χ0v) is 20.0. The summed E-state index contributed by atoms with van der Waals surface area (Å²) in [4.78, 5) is 16.6. The van der Waals surface area contributed by atoms with Gasteiger partial charge in [0.15, 0.2) is 0 Å². The van der Waals surface area contributed by atoms with Gasteiger partial charge in [0.05, 0.1) is 0 Å². The largest absolute Gasteiger partial charge is 0.367 e. The van der Waals surface area contributed by atoms with Gasteiger partial charge in [0.1, 0.15) is 4.21 Å². The van der Waals surface area contributed by atoms with E-state index in [1.165, 1.54) is 22.6 Å². The number of nitrogens with zero attached hydrogens (tertiary/aromatic N) is 1. The highest BCUT2D eigenvalue weighted by molar-refractivity contribution is 7.94. The third kappa shape index (κ3) is 4.80. The van der Waals surface area contributed by atoms with Gasteiger partial charge in [-0.15, -0.1) is 22.7 Å². The second-order valence-electron chi connectivity index (χ2n) is 7.66. The summed E-state index contributed by atoms with van der Waals surface area (Å²) in [7, 11) is -3.67. The first-order chi connectivity index (χ1) is 16.0. The Labute approximate surface area is 200 Å². The zero-order chi connectivity index (χ0) is 22.8. The quantitative estimate of drug-likeness (QED) is 0.374. The van der Waals surface area contributed by atoms with E-state index in [0.717, 1.165) is 36.5 Å². The molecule has 0 unspecified atom stereocenters. The standard InChI is InChI=1S/C24H21N3O3S3/c28-24(17-3-1-4-20(15-17)26-33(29,30)23-5-2-13-32-23)25-19-6-8-21(9-7-19)27-12-10-22-18(16-27)11-14-31-22/h1-9,11,13-15,26H,10,12,16H2,(H,25,28). The average molecular weight is 496 g/mol. The van der Waals surface area contributed by atoms with E-state index in [4.69, 9.17) is 0 Å². The molecule has 2 N–H and O–H groups in total. The van der Waals surface area contributed by atoms with E-state index in [-0.39, 0.29) is 10.1 Å². The molecule has 4 aromatic rings. The lowest BCUT2D eigenvalue weighted by molar-refractivity contribution is 0.102. The molecule has 0 atom stereocenters. The summed E-state index contributed by atoms with van der Waals surface area (Å²) in [5, 5.41) is 6.74. The predicted octanol–water partition coefficient (Wildman–Crippen LogP) is 5.43. The number of carbonyl (C=O) groups is 1. The molecule has 0 aliphatic carbocycles. The van der Waals surface area contributed by atoms with Crippen molar-refractivity contribution < 1.29 is 13.2 Å². The number of carbonyl (C=O) groups excluding carboxylic acids is 1. The van der Waals surface area contributed by atoms with Gasteiger partial charge < -0.3 is 10.2 Å². The van der Waals surface area contributed by atoms with E-state index in [9.17, 15) is 13.2 Å². The van der Waals surface area contributed by atoms with Crippen LogP contribution in [0.25, 0.3) is 0 Å². The monoisotopic (exact) mass is 495 g/mol. The van der Waals surface area contributed by atoms with E-state index in [1.807, 2.05) is 35.6 Å². The molecule has 168 valence electrons. The van der Waals surface area contributed by atoms with Crippen LogP contribution in [0.5, 0.6) is 0 Å². The first-order valence-electron chi connectivity index (χ1n) is 10.4. The number of hydrogen-bond donors (Lipinski definition) is 2. The van der Waals surface area contributed by atoms with Crippen LogP contribution in [0, 0.1) is 0 Å². The summed E-state index contributed by atoms with van der Waals surface area (Å²) in [6, 6.07) is 19.7. The molecule has 1 aliphatic rings. The minimum absolute atomic E-state index is 0.223. The molecular formula is C24H21N3O3S3. The highest BCUT2D eigenvalue weighted by Crippen LogP contribution is 2.28. The fourth-order valence-electron chi connectivity index (χ4n) is 3.77. The van der Waals surface area contributed by atoms with E-state index in [1.54, 1.807) is 29.6 Å². The molecule has 5 rings (SSSR count). The van der Waals surface area contributed by atoms with Crippen molar-refractivity contribution in [2.75, 3.05) is 21.5 Å². The van der Waals surface area contributed by atoms with Crippen LogP contribution in [0.2, 0.25) is 0 Å². The first kappa shape index (κ1) is 21.7. The molecule has 0 bridgehead atoms. The fraction of sp³-hybridized carbons (Fsp3) is 0.125. The minimum Gasteiger partial charge on any atom is -0.367 e. The summed E-state index contributed by atoms with van der Waals surface area (Å²) in [6.07, 6.45) is 1.05. The maximum absolute atomic E-state index is 12.8. The molecule has 2 aromatic carbocycles. The van der Waals surface area contributed by atoms with E-state index in [0.29, 0.717) is 16.9 Å². The molecule has 0 saturated carbocycles. The third-order valence-electron chi connectivity index (χ3n) is 5.43. The van der Waals surface area contributed by atoms with Gasteiger partial charge in [-0.2, -0.15) is 0 Å². The Balaban J connectivity index is 1.25. The summed E-state index contributed by atoms with van der Waals surface area (Å²) < 4.78 is 27.6. The molecule has 0 radical (unpaired) electrons. The Morgan fingerprint density at radius 3 is 2.55 bits per heavy atom. The molecule has 0 saturated heterocycles. The molecule has 0 fully saturated rings. The molecule has 33 heavy (non-hydrogen) atoms. The Bertz CT molecular complexity index is 1380. The smallest absolute Gasteiger partial charge is 0.271 e. The predicted molar refractivity (Wildman–Crippen MR) is 135 cm³/mol. The third-order valence-corrected chi connectivity index (χ3v) is 9.24. The van der Waals surface area contributed by atoms with Crippen LogP contribution in [0.3, 0.4) is 0 Å². The molecule has 2 aromatic heterocycles. The van der Waals surface area contributed by atoms with Crippen molar-refractivity contribution in [2.24, 2.45) is 0 Å². The van der Waals surface area contributed by atoms with Gasteiger partial charge in [0.25, 0.3) is 15.9 Å². The number of thiophene rings is 2. The van der Waals surface area contributed by atoms with Gasteiger partial charge in [-0.1, -0.05) is 12.1 Å². The van der Waals surface area contributed by atoms with Crippen LogP contribution in [-0.4, -0.2) is 20.9 Å². The number of amides is 1. The van der Waals surface area contributed by atoms with E-state index in [2.05, 4.69) is 26.4 Å². The molecule has 3 heterocycles. The van der Waals surface area contributed by atoms with Crippen molar-refractivity contribution in [3.8, 4) is 0 Å². The lowest BCUT2D eigenvalue weighted by Gasteiger charge is -2.29. The Morgan fingerprint density at radius 2 is 1.76 bits per heavy atom. The van der Waals surface area contributed by atoms with Crippen molar-refractivity contribution in [1.29, 1.82) is 0 Å². The normalized spacial score (nSPS) is 13.4. The van der Waals surface area contributed by atoms with Crippen molar-refractivity contribution >= 4 is 55.7 Å². The van der Waals surface area contributed by atoms with Gasteiger partial charge in [-0.05, 0) is 77.3 Å². The summed E-state index contributed by atoms with van der Waals surface area (Å²) in [6.45, 7) is 1.88. The van der Waals surface area contributed by atoms with Crippen molar-refractivity contribution in [3.63, 3.8) is 0 Å². The maximum atomic E-state index is 12.8. The minimum atomic E-state index is -3.67. The average Bonchev–Trinajstić information content (AvgIpc) is 3.52. The number of benzene rings is 2. The van der Waals surface area contributed by atoms with Crippen molar-refractivity contribution in [3.05, 3.63) is 93.5 Å². The van der Waals surface area contributed by atoms with Crippen LogP contribution in [0.4, 0.5) is 17.1 Å². The lowest BCUT2D eigenvalue weighted by atomic mass is 10.1. The van der Waals surface area contributed by atoms with Crippen LogP contribution >= 0.6 is 22.7 Å². The van der Waals surface area contributed by atoms with Gasteiger partial charge in [-0.3, -0.25) is 9.52 Å². The topological polar surface area (TPSA) is 78.5 Å². The number of anilines is 3. The number of nitrogens with one attached hydrogen (secondary N) is 2. The summed E-state index contributed by atoms with van der Waals surface area (Å²) in [5.74, 6) is -0.305. The second kappa shape index (κ2) is 9.01. The van der Waals surface area contributed by atoms with Crippen molar-refractivity contribution in [1.82, 2.24) is 0 Å². The zero-order valence-electron chi connectivity index (χ0n) is 17.5. The molecular weight excluding hydrogens is 474 g/mol. The number of hydrogen-bond acceptors (Lipinski definition) is 6. The molecule has 1 amide bonds. The van der Waals surface area contributed by atoms with Gasteiger partial charge in [0.2, 0.25) is 0 Å². The molecule has 0 spiro atoms. The summed E-state index contributed by atoms with van der Waals surface area (Å²) >= 11 is 2.96. The summed E-state index contributed by atoms with van der Waals surface area (Å²) in [5.41, 5.74) is 3.89. The van der Waals surface area contributed by atoms with Crippen molar-refractivity contribution in [2.45, 2.75) is 17.2 Å². The second-order valence-corrected chi connectivity index (χ2v) is 11.5. The van der Waals surface area contributed by atoms with E-state index >= 15 is 0 Å². The Hall–Kier alpha value is -3.14. The first-order valence-corrected chi connectivity index (χ1v) is 13.6. The SMILES string of the molecule is O=C(Nc1ccc(N2CCc3sccc3C2)cc1)c1cccc(NS(=O)(=O)c2cccs2)c1. The highest BCUT2D eigenvalue weighted by Gasteiger charge is 2.18. The number of rotatable bonds is 6. The van der Waals surface area contributed by atoms with Crippen LogP contribution in [-0.2, 0) is 23.0 Å². The highest BCUT2D eigenvalue weighted by atomic mass is 32.2. The van der Waals surface area contributed by atoms with Crippen LogP contribution < -0.4 is 14.9 Å². The van der Waals surface area contributed by atoms with E-state index < -0.39 is 10.0 Å². The van der Waals surface area contributed by atoms with Gasteiger partial charge in [-0.25, -0.2) is 8.42 Å². The van der Waals surface area contributed by atoms with Crippen LogP contribution in [0.1, 0.15) is 20.8 Å². The molecule has 9 heteroatoms. The Morgan fingerprint density at radius 1 is 0.909 bits per heavy atom. The van der Waals surface area contributed by atoms with Gasteiger partial charge in [0, 0.05) is 40.6 Å². The van der Waals surface area contributed by atoms with Crippen LogP contribution in [0.15, 0.2) is 81.7 Å². The molecule has 6 nitrogen and oxygen atoms in total. The lowest BCUT2D eigenvalue weighted by Crippen LogP contribution is -2.29. The Kier molecular flexibility index (Phi) is 5.92. The number of sulfonamides is 1.